The van der Waals surface area contributed by atoms with Crippen LogP contribution in [0.4, 0.5) is 0 Å². The Morgan fingerprint density at radius 3 is 2.21 bits per heavy atom. The molecule has 6 nitrogen and oxygen atoms in total. The Hall–Kier alpha value is -2.89. The van der Waals surface area contributed by atoms with Crippen molar-refractivity contribution in [2.24, 2.45) is 0 Å². The molecule has 2 amide bonds. The Bertz CT molecular complexity index is 598. The molecule has 0 unspecified atom stereocenters. The maximum Gasteiger partial charge on any atom is 0.338 e. The Morgan fingerprint density at radius 1 is 1.12 bits per heavy atom. The topological polar surface area (TPSA) is 75.7 Å². The molecule has 0 saturated heterocycles. The normalized spacial score (nSPS) is 9.71. The third kappa shape index (κ3) is 6.48. The average Bonchev–Trinajstić information content (AvgIpc) is 2.57. The number of esters is 1. The van der Waals surface area contributed by atoms with Gasteiger partial charge in [0.15, 0.2) is 6.61 Å². The lowest BCUT2D eigenvalue weighted by Crippen LogP contribution is -2.35. The van der Waals surface area contributed by atoms with Gasteiger partial charge in [-0.05, 0) is 17.7 Å². The molecule has 1 aromatic rings. The van der Waals surface area contributed by atoms with Crippen molar-refractivity contribution in [1.29, 1.82) is 0 Å². The molecule has 1 N–H and O–H groups in total. The van der Waals surface area contributed by atoms with Gasteiger partial charge in [-0.2, -0.15) is 0 Å². The largest absolute Gasteiger partial charge is 0.452 e. The third-order valence-corrected chi connectivity index (χ3v) is 3.11. The fraction of sp³-hybridized carbons (Fsp3) is 0.278. The van der Waals surface area contributed by atoms with Gasteiger partial charge in [0.25, 0.3) is 5.91 Å². The van der Waals surface area contributed by atoms with E-state index >= 15 is 0 Å². The lowest BCUT2D eigenvalue weighted by Gasteiger charge is -2.18. The number of benzene rings is 1. The van der Waals surface area contributed by atoms with Gasteiger partial charge < -0.3 is 15.0 Å². The second kappa shape index (κ2) is 9.99. The molecule has 0 aliphatic rings. The van der Waals surface area contributed by atoms with Crippen LogP contribution in [-0.4, -0.2) is 42.4 Å². The van der Waals surface area contributed by atoms with Crippen LogP contribution in [0.3, 0.4) is 0 Å². The minimum absolute atomic E-state index is 0.124. The molecule has 0 radical (unpaired) electrons. The Labute approximate surface area is 141 Å². The van der Waals surface area contributed by atoms with Crippen molar-refractivity contribution >= 4 is 17.8 Å². The number of carbonyl (C=O) groups excluding carboxylic acids is 3. The summed E-state index contributed by atoms with van der Waals surface area (Å²) in [6.45, 7) is 9.37. The number of hydrogen-bond donors (Lipinski definition) is 1. The van der Waals surface area contributed by atoms with E-state index < -0.39 is 5.97 Å². The first-order valence-electron chi connectivity index (χ1n) is 7.48. The van der Waals surface area contributed by atoms with Gasteiger partial charge in [-0.15, -0.1) is 13.2 Å². The van der Waals surface area contributed by atoms with Crippen LogP contribution in [0.1, 0.15) is 22.8 Å². The predicted octanol–water partition coefficient (Wildman–Crippen LogP) is 1.68. The molecule has 0 spiro atoms. The molecule has 0 saturated carbocycles. The molecule has 0 heterocycles. The second-order valence-electron chi connectivity index (χ2n) is 5.06. The highest BCUT2D eigenvalue weighted by molar-refractivity contribution is 5.91. The van der Waals surface area contributed by atoms with Gasteiger partial charge in [0.05, 0.1) is 5.56 Å². The quantitative estimate of drug-likeness (QED) is 0.552. The van der Waals surface area contributed by atoms with Gasteiger partial charge in [0.1, 0.15) is 0 Å². The number of nitrogens with one attached hydrogen (secondary N) is 1. The first-order chi connectivity index (χ1) is 11.5. The van der Waals surface area contributed by atoms with Crippen LogP contribution in [0.25, 0.3) is 0 Å². The summed E-state index contributed by atoms with van der Waals surface area (Å²) in [5.74, 6) is -1.02. The summed E-state index contributed by atoms with van der Waals surface area (Å²) in [4.78, 5) is 36.3. The van der Waals surface area contributed by atoms with Crippen molar-refractivity contribution in [2.75, 3.05) is 19.7 Å². The summed E-state index contributed by atoms with van der Waals surface area (Å²) in [6.07, 6.45) is 3.19. The highest BCUT2D eigenvalue weighted by Crippen LogP contribution is 2.06. The van der Waals surface area contributed by atoms with Crippen LogP contribution < -0.4 is 5.32 Å². The van der Waals surface area contributed by atoms with Gasteiger partial charge in [0, 0.05) is 26.6 Å². The van der Waals surface area contributed by atoms with Crippen LogP contribution in [-0.2, 0) is 20.9 Å². The van der Waals surface area contributed by atoms with Crippen molar-refractivity contribution in [3.63, 3.8) is 0 Å². The van der Waals surface area contributed by atoms with E-state index in [0.717, 1.165) is 5.56 Å². The van der Waals surface area contributed by atoms with Crippen LogP contribution in [0.2, 0.25) is 0 Å². The molecule has 1 aromatic carbocycles. The number of ether oxygens (including phenoxy) is 1. The van der Waals surface area contributed by atoms with E-state index in [1.807, 2.05) is 0 Å². The van der Waals surface area contributed by atoms with Crippen LogP contribution >= 0.6 is 0 Å². The SMILES string of the molecule is C=CCN(CC=C)C(=O)COC(=O)c1ccc(CNC(C)=O)cc1. The smallest absolute Gasteiger partial charge is 0.338 e. The Morgan fingerprint density at radius 2 is 1.71 bits per heavy atom. The van der Waals surface area contributed by atoms with Gasteiger partial charge in [-0.25, -0.2) is 4.79 Å². The van der Waals surface area contributed by atoms with Crippen molar-refractivity contribution < 1.29 is 19.1 Å². The summed E-state index contributed by atoms with van der Waals surface area (Å²) < 4.78 is 5.03. The number of hydrogen-bond acceptors (Lipinski definition) is 4. The van der Waals surface area contributed by atoms with Crippen LogP contribution in [0.5, 0.6) is 0 Å². The highest BCUT2D eigenvalue weighted by Gasteiger charge is 2.14. The molecular formula is C18H22N2O4. The van der Waals surface area contributed by atoms with Gasteiger partial charge in [-0.1, -0.05) is 24.3 Å². The van der Waals surface area contributed by atoms with E-state index in [1.165, 1.54) is 11.8 Å². The van der Waals surface area contributed by atoms with E-state index in [2.05, 4.69) is 18.5 Å². The van der Waals surface area contributed by atoms with E-state index in [-0.39, 0.29) is 18.4 Å². The Balaban J connectivity index is 2.55. The molecule has 128 valence electrons. The highest BCUT2D eigenvalue weighted by atomic mass is 16.5. The summed E-state index contributed by atoms with van der Waals surface area (Å²) >= 11 is 0. The zero-order chi connectivity index (χ0) is 17.9. The molecule has 0 bridgehead atoms. The maximum absolute atomic E-state index is 12.0. The van der Waals surface area contributed by atoms with E-state index in [1.54, 1.807) is 36.4 Å². The molecular weight excluding hydrogens is 308 g/mol. The minimum atomic E-state index is -0.577. The van der Waals surface area contributed by atoms with E-state index in [9.17, 15) is 14.4 Å². The zero-order valence-corrected chi connectivity index (χ0v) is 13.8. The van der Waals surface area contributed by atoms with Crippen molar-refractivity contribution in [3.8, 4) is 0 Å². The molecule has 0 aliphatic carbocycles. The number of amides is 2. The summed E-state index contributed by atoms with van der Waals surface area (Å²) in [6, 6.07) is 6.62. The standard InChI is InChI=1S/C18H22N2O4/c1-4-10-20(11-5-2)17(22)13-24-18(23)16-8-6-15(7-9-16)12-19-14(3)21/h4-9H,1-2,10-13H2,3H3,(H,19,21). The molecule has 24 heavy (non-hydrogen) atoms. The number of rotatable bonds is 9. The zero-order valence-electron chi connectivity index (χ0n) is 13.8. The first kappa shape index (κ1) is 19.2. The van der Waals surface area contributed by atoms with Gasteiger partial charge in [0.2, 0.25) is 5.91 Å². The third-order valence-electron chi connectivity index (χ3n) is 3.11. The minimum Gasteiger partial charge on any atom is -0.452 e. The summed E-state index contributed by atoms with van der Waals surface area (Å²) in [5, 5.41) is 2.67. The van der Waals surface area contributed by atoms with Gasteiger partial charge >= 0.3 is 5.97 Å². The average molecular weight is 330 g/mol. The molecule has 1 rings (SSSR count). The molecule has 0 fully saturated rings. The van der Waals surface area contributed by atoms with E-state index in [0.29, 0.717) is 25.2 Å². The second-order valence-corrected chi connectivity index (χ2v) is 5.06. The number of carbonyl (C=O) groups is 3. The molecule has 0 atom stereocenters. The van der Waals surface area contributed by atoms with Crippen molar-refractivity contribution in [3.05, 3.63) is 60.7 Å². The monoisotopic (exact) mass is 330 g/mol. The predicted molar refractivity (Wildman–Crippen MR) is 91.2 cm³/mol. The fourth-order valence-electron chi connectivity index (χ4n) is 1.88. The summed E-state index contributed by atoms with van der Waals surface area (Å²) in [5.41, 5.74) is 1.20. The van der Waals surface area contributed by atoms with Crippen molar-refractivity contribution in [2.45, 2.75) is 13.5 Å². The lowest BCUT2D eigenvalue weighted by atomic mass is 10.1. The first-order valence-corrected chi connectivity index (χ1v) is 7.48. The fourth-order valence-corrected chi connectivity index (χ4v) is 1.88. The molecule has 6 heteroatoms. The van der Waals surface area contributed by atoms with E-state index in [4.69, 9.17) is 4.74 Å². The molecule has 0 aliphatic heterocycles. The lowest BCUT2D eigenvalue weighted by molar-refractivity contribution is -0.133. The molecule has 0 aromatic heterocycles. The van der Waals surface area contributed by atoms with Gasteiger partial charge in [-0.3, -0.25) is 9.59 Å². The van der Waals surface area contributed by atoms with Crippen LogP contribution in [0.15, 0.2) is 49.6 Å². The number of nitrogens with zero attached hydrogens (tertiary/aromatic N) is 1. The summed E-state index contributed by atoms with van der Waals surface area (Å²) in [7, 11) is 0. The van der Waals surface area contributed by atoms with Crippen molar-refractivity contribution in [1.82, 2.24) is 10.2 Å². The van der Waals surface area contributed by atoms with Crippen LogP contribution in [0, 0.1) is 0 Å². The Kier molecular flexibility index (Phi) is 7.98. The maximum atomic E-state index is 12.0.